The van der Waals surface area contributed by atoms with Crippen LogP contribution in [-0.2, 0) is 6.42 Å². The summed E-state index contributed by atoms with van der Waals surface area (Å²) in [6, 6.07) is 6.26. The molecule has 3 rings (SSSR count). The molecule has 0 aliphatic heterocycles. The van der Waals surface area contributed by atoms with Crippen LogP contribution in [0, 0.1) is 6.92 Å². The topological polar surface area (TPSA) is 30.2 Å². The van der Waals surface area contributed by atoms with Crippen molar-refractivity contribution < 1.29 is 0 Å². The van der Waals surface area contributed by atoms with E-state index in [1.165, 1.54) is 11.3 Å². The fraction of sp³-hybridized carbons (Fsp3) is 0.333. The van der Waals surface area contributed by atoms with Gasteiger partial charge in [0.2, 0.25) is 0 Å². The second-order valence-corrected chi connectivity index (χ2v) is 4.73. The molecule has 3 aromatic rings. The molecule has 0 radical (unpaired) electrons. The molecule has 3 heteroatoms. The third kappa shape index (κ3) is 2.68. The highest BCUT2D eigenvalue weighted by atomic mass is 15.0. The molecule has 21 heavy (non-hydrogen) atoms. The molecular weight excluding hydrogens is 258 g/mol. The van der Waals surface area contributed by atoms with Gasteiger partial charge in [-0.3, -0.25) is 4.40 Å². The van der Waals surface area contributed by atoms with Crippen LogP contribution in [0.15, 0.2) is 30.6 Å². The third-order valence-corrected chi connectivity index (χ3v) is 3.43. The summed E-state index contributed by atoms with van der Waals surface area (Å²) in [6.07, 6.45) is 7.10. The summed E-state index contributed by atoms with van der Waals surface area (Å²) >= 11 is 0. The molecule has 0 amide bonds. The van der Waals surface area contributed by atoms with E-state index < -0.39 is 0 Å². The monoisotopic (exact) mass is 281 g/mol. The predicted octanol–water partition coefficient (Wildman–Crippen LogP) is 4.81. The molecule has 0 bridgehead atoms. The van der Waals surface area contributed by atoms with Crippen molar-refractivity contribution in [3.8, 4) is 0 Å². The lowest BCUT2D eigenvalue weighted by Crippen LogP contribution is -1.94. The van der Waals surface area contributed by atoms with Gasteiger partial charge in [0.1, 0.15) is 11.8 Å². The first-order valence-electron chi connectivity index (χ1n) is 7.63. The van der Waals surface area contributed by atoms with Gasteiger partial charge in [-0.1, -0.05) is 26.8 Å². The maximum Gasteiger partial charge on any atom is 0.113 e. The number of allylic oxidation sites excluding steroid dienone is 1. The molecule has 0 fully saturated rings. The van der Waals surface area contributed by atoms with Crippen LogP contribution in [0.1, 0.15) is 44.6 Å². The Hall–Kier alpha value is -2.16. The first kappa shape index (κ1) is 15.2. The number of hydrogen-bond acceptors (Lipinski definition) is 2. The van der Waals surface area contributed by atoms with E-state index in [1.54, 1.807) is 0 Å². The van der Waals surface area contributed by atoms with Crippen molar-refractivity contribution >= 4 is 22.6 Å². The maximum absolute atomic E-state index is 4.65. The molecule has 3 nitrogen and oxygen atoms in total. The van der Waals surface area contributed by atoms with Crippen LogP contribution < -0.4 is 0 Å². The lowest BCUT2D eigenvalue weighted by atomic mass is 10.2. The van der Waals surface area contributed by atoms with Crippen molar-refractivity contribution in [2.24, 2.45) is 0 Å². The van der Waals surface area contributed by atoms with Crippen LogP contribution >= 0.6 is 0 Å². The standard InChI is InChI=1S/C16H17N3.C2H6/c1-4-6-14-12(5-2)9-15-16-13(17-10-19(14)15)8-7-11(3)18-16;1-2/h4,6-10H,5H2,1-3H3;1-2H3/b6-4-;. The summed E-state index contributed by atoms with van der Waals surface area (Å²) < 4.78 is 2.13. The van der Waals surface area contributed by atoms with E-state index in [1.807, 2.05) is 46.2 Å². The van der Waals surface area contributed by atoms with Crippen molar-refractivity contribution in [1.82, 2.24) is 14.4 Å². The Morgan fingerprint density at radius 3 is 2.67 bits per heavy atom. The zero-order valence-corrected chi connectivity index (χ0v) is 13.5. The second-order valence-electron chi connectivity index (χ2n) is 4.73. The van der Waals surface area contributed by atoms with Crippen LogP contribution in [0.4, 0.5) is 0 Å². The van der Waals surface area contributed by atoms with Crippen LogP contribution in [0.2, 0.25) is 0 Å². The number of fused-ring (bicyclic) bond motifs is 3. The first-order valence-corrected chi connectivity index (χ1v) is 7.63. The Bertz CT molecular complexity index is 782. The largest absolute Gasteiger partial charge is 0.298 e. The highest BCUT2D eigenvalue weighted by Crippen LogP contribution is 2.24. The zero-order chi connectivity index (χ0) is 15.4. The van der Waals surface area contributed by atoms with Gasteiger partial charge in [0.15, 0.2) is 0 Å². The number of nitrogens with zero attached hydrogens (tertiary/aromatic N) is 3. The summed E-state index contributed by atoms with van der Waals surface area (Å²) in [5.74, 6) is 0. The zero-order valence-electron chi connectivity index (χ0n) is 13.5. The van der Waals surface area contributed by atoms with Crippen LogP contribution in [0.25, 0.3) is 22.6 Å². The Morgan fingerprint density at radius 2 is 2.00 bits per heavy atom. The first-order chi connectivity index (χ1) is 10.2. The van der Waals surface area contributed by atoms with Gasteiger partial charge >= 0.3 is 0 Å². The van der Waals surface area contributed by atoms with E-state index in [2.05, 4.69) is 39.5 Å². The summed E-state index contributed by atoms with van der Waals surface area (Å²) in [4.78, 5) is 9.15. The van der Waals surface area contributed by atoms with Crippen molar-refractivity contribution in [3.05, 3.63) is 47.6 Å². The summed E-state index contributed by atoms with van der Waals surface area (Å²) in [7, 11) is 0. The quantitative estimate of drug-likeness (QED) is 0.674. The normalized spacial score (nSPS) is 11.1. The van der Waals surface area contributed by atoms with E-state index in [-0.39, 0.29) is 0 Å². The molecule has 0 aliphatic carbocycles. The lowest BCUT2D eigenvalue weighted by molar-refractivity contribution is 1.06. The van der Waals surface area contributed by atoms with Crippen LogP contribution in [0.3, 0.4) is 0 Å². The molecule has 0 saturated carbocycles. The van der Waals surface area contributed by atoms with Gasteiger partial charge in [0, 0.05) is 5.69 Å². The van der Waals surface area contributed by atoms with E-state index in [9.17, 15) is 0 Å². The molecule has 3 heterocycles. The molecule has 0 unspecified atom stereocenters. The number of aromatic nitrogens is 3. The summed E-state index contributed by atoms with van der Waals surface area (Å²) in [5.41, 5.74) is 6.62. The Labute approximate surface area is 126 Å². The highest BCUT2D eigenvalue weighted by Gasteiger charge is 2.10. The van der Waals surface area contributed by atoms with Gasteiger partial charge in [-0.05, 0) is 50.1 Å². The maximum atomic E-state index is 4.65. The molecule has 0 atom stereocenters. The van der Waals surface area contributed by atoms with Crippen LogP contribution in [-0.4, -0.2) is 14.4 Å². The predicted molar refractivity (Wildman–Crippen MR) is 90.7 cm³/mol. The minimum Gasteiger partial charge on any atom is -0.298 e. The van der Waals surface area contributed by atoms with Crippen LogP contribution in [0.5, 0.6) is 0 Å². The van der Waals surface area contributed by atoms with E-state index >= 15 is 0 Å². The summed E-state index contributed by atoms with van der Waals surface area (Å²) in [5, 5.41) is 0. The Balaban J connectivity index is 0.000000774. The van der Waals surface area contributed by atoms with Gasteiger partial charge in [-0.25, -0.2) is 9.97 Å². The summed E-state index contributed by atoms with van der Waals surface area (Å²) in [6.45, 7) is 10.2. The molecular formula is C18H23N3. The minimum atomic E-state index is 0.949. The van der Waals surface area contributed by atoms with Crippen molar-refractivity contribution in [2.45, 2.75) is 41.0 Å². The molecule has 0 spiro atoms. The Morgan fingerprint density at radius 1 is 1.24 bits per heavy atom. The van der Waals surface area contributed by atoms with E-state index in [0.29, 0.717) is 0 Å². The average molecular weight is 281 g/mol. The number of hydrogen-bond donors (Lipinski definition) is 0. The van der Waals surface area contributed by atoms with Crippen molar-refractivity contribution in [2.75, 3.05) is 0 Å². The fourth-order valence-electron chi connectivity index (χ4n) is 2.49. The average Bonchev–Trinajstić information content (AvgIpc) is 2.88. The lowest BCUT2D eigenvalue weighted by Gasteiger charge is -2.03. The van der Waals surface area contributed by atoms with Gasteiger partial charge in [0.25, 0.3) is 0 Å². The number of pyridine rings is 1. The van der Waals surface area contributed by atoms with Gasteiger partial charge in [0.05, 0.1) is 16.7 Å². The van der Waals surface area contributed by atoms with Crippen molar-refractivity contribution in [1.29, 1.82) is 0 Å². The third-order valence-electron chi connectivity index (χ3n) is 3.43. The molecule has 0 aromatic carbocycles. The van der Waals surface area contributed by atoms with Gasteiger partial charge in [-0.15, -0.1) is 0 Å². The molecule has 110 valence electrons. The molecule has 0 aliphatic rings. The highest BCUT2D eigenvalue weighted by molar-refractivity contribution is 5.91. The number of aryl methyl sites for hydroxylation is 2. The smallest absolute Gasteiger partial charge is 0.113 e. The molecule has 3 aromatic heterocycles. The van der Waals surface area contributed by atoms with Gasteiger partial charge in [-0.2, -0.15) is 0 Å². The SMILES string of the molecule is C/C=C\c1c(CC)cc2c3nc(C)ccc3ncn12.CC. The fourth-order valence-corrected chi connectivity index (χ4v) is 2.49. The second kappa shape index (κ2) is 6.53. The minimum absolute atomic E-state index is 0.949. The molecule has 0 N–H and O–H groups in total. The molecule has 0 saturated heterocycles. The Kier molecular flexibility index (Phi) is 4.73. The van der Waals surface area contributed by atoms with E-state index in [4.69, 9.17) is 0 Å². The van der Waals surface area contributed by atoms with Gasteiger partial charge < -0.3 is 0 Å². The van der Waals surface area contributed by atoms with E-state index in [0.717, 1.165) is 28.7 Å². The number of rotatable bonds is 2. The van der Waals surface area contributed by atoms with Crippen molar-refractivity contribution in [3.63, 3.8) is 0 Å².